The van der Waals surface area contributed by atoms with Crippen molar-refractivity contribution in [1.29, 1.82) is 0 Å². The monoisotopic (exact) mass is 208 g/mol. The molecule has 0 aliphatic rings. The molecule has 1 aromatic rings. The molecule has 0 aromatic carbocycles. The van der Waals surface area contributed by atoms with Crippen LogP contribution in [0.4, 0.5) is 0 Å². The van der Waals surface area contributed by atoms with Gasteiger partial charge in [0.25, 0.3) is 0 Å². The fraction of sp³-hybridized carbons (Fsp3) is 0.545. The summed E-state index contributed by atoms with van der Waals surface area (Å²) in [6.45, 7) is 4.43. The van der Waals surface area contributed by atoms with Gasteiger partial charge in [0.2, 0.25) is 5.88 Å². The Balaban J connectivity index is 2.60. The summed E-state index contributed by atoms with van der Waals surface area (Å²) in [5.74, 6) is 0.680. The number of ketones is 1. The van der Waals surface area contributed by atoms with Gasteiger partial charge in [-0.2, -0.15) is 0 Å². The lowest BCUT2D eigenvalue weighted by Crippen LogP contribution is -2.05. The molecule has 0 aliphatic heterocycles. The van der Waals surface area contributed by atoms with E-state index in [1.54, 1.807) is 12.4 Å². The van der Waals surface area contributed by atoms with E-state index in [0.29, 0.717) is 31.0 Å². The van der Waals surface area contributed by atoms with Gasteiger partial charge >= 0.3 is 0 Å². The van der Waals surface area contributed by atoms with Gasteiger partial charge in [0.1, 0.15) is 5.78 Å². The second kappa shape index (κ2) is 6.11. The number of carbonyl (C=O) groups is 1. The Hall–Kier alpha value is -1.45. The Morgan fingerprint density at radius 2 is 2.20 bits per heavy atom. The highest BCUT2D eigenvalue weighted by atomic mass is 16.5. The molecule has 1 aromatic heterocycles. The fourth-order valence-electron chi connectivity index (χ4n) is 1.26. The molecule has 0 unspecified atom stereocenters. The summed E-state index contributed by atoms with van der Waals surface area (Å²) in [6, 6.07) is 0. The molecule has 82 valence electrons. The highest BCUT2D eigenvalue weighted by Crippen LogP contribution is 2.06. The third kappa shape index (κ3) is 4.06. The average molecular weight is 208 g/mol. The van der Waals surface area contributed by atoms with Gasteiger partial charge in [-0.25, -0.2) is 4.98 Å². The lowest BCUT2D eigenvalue weighted by molar-refractivity contribution is -0.118. The summed E-state index contributed by atoms with van der Waals surface area (Å²) in [6.07, 6.45) is 4.98. The number of hydrogen-bond donors (Lipinski definition) is 0. The standard InChI is InChI=1S/C11H16N2O2/c1-3-5-10(14)6-9-7-12-8-11(13-9)15-4-2/h7-8H,3-6H2,1-2H3. The third-order valence-electron chi connectivity index (χ3n) is 1.86. The number of ether oxygens (including phenoxy) is 1. The van der Waals surface area contributed by atoms with E-state index in [-0.39, 0.29) is 5.78 Å². The van der Waals surface area contributed by atoms with Crippen molar-refractivity contribution >= 4 is 5.78 Å². The van der Waals surface area contributed by atoms with E-state index in [0.717, 1.165) is 6.42 Å². The van der Waals surface area contributed by atoms with Gasteiger partial charge in [0, 0.05) is 12.6 Å². The molecule has 0 atom stereocenters. The number of rotatable bonds is 6. The smallest absolute Gasteiger partial charge is 0.232 e. The van der Waals surface area contributed by atoms with Gasteiger partial charge in [0.05, 0.1) is 24.9 Å². The van der Waals surface area contributed by atoms with Crippen molar-refractivity contribution < 1.29 is 9.53 Å². The normalized spacial score (nSPS) is 10.0. The molecule has 15 heavy (non-hydrogen) atoms. The molecule has 0 saturated heterocycles. The summed E-state index contributed by atoms with van der Waals surface area (Å²) >= 11 is 0. The molecule has 1 rings (SSSR count). The molecular weight excluding hydrogens is 192 g/mol. The minimum Gasteiger partial charge on any atom is -0.477 e. The van der Waals surface area contributed by atoms with Gasteiger partial charge < -0.3 is 4.74 Å². The van der Waals surface area contributed by atoms with E-state index in [9.17, 15) is 4.79 Å². The van der Waals surface area contributed by atoms with Crippen LogP contribution in [-0.2, 0) is 11.2 Å². The van der Waals surface area contributed by atoms with Crippen molar-refractivity contribution in [2.45, 2.75) is 33.1 Å². The van der Waals surface area contributed by atoms with Gasteiger partial charge in [-0.15, -0.1) is 0 Å². The quantitative estimate of drug-likeness (QED) is 0.715. The molecule has 0 spiro atoms. The summed E-state index contributed by atoms with van der Waals surface area (Å²) in [7, 11) is 0. The van der Waals surface area contributed by atoms with Crippen molar-refractivity contribution in [2.75, 3.05) is 6.61 Å². The molecule has 0 radical (unpaired) electrons. The summed E-state index contributed by atoms with van der Waals surface area (Å²) in [5, 5.41) is 0. The first-order valence-corrected chi connectivity index (χ1v) is 5.21. The number of hydrogen-bond acceptors (Lipinski definition) is 4. The Bertz CT molecular complexity index is 326. The number of aromatic nitrogens is 2. The predicted octanol–water partition coefficient (Wildman–Crippen LogP) is 1.79. The van der Waals surface area contributed by atoms with Crippen molar-refractivity contribution in [3.63, 3.8) is 0 Å². The Morgan fingerprint density at radius 1 is 1.40 bits per heavy atom. The second-order valence-corrected chi connectivity index (χ2v) is 3.25. The minimum absolute atomic E-state index is 0.195. The van der Waals surface area contributed by atoms with Crippen molar-refractivity contribution in [2.24, 2.45) is 0 Å². The molecule has 0 fully saturated rings. The number of nitrogens with zero attached hydrogens (tertiary/aromatic N) is 2. The van der Waals surface area contributed by atoms with Crippen LogP contribution in [0.1, 0.15) is 32.4 Å². The Kier molecular flexibility index (Phi) is 4.74. The summed E-state index contributed by atoms with van der Waals surface area (Å²) in [5.41, 5.74) is 0.680. The zero-order valence-corrected chi connectivity index (χ0v) is 9.19. The zero-order valence-electron chi connectivity index (χ0n) is 9.19. The first kappa shape index (κ1) is 11.6. The van der Waals surface area contributed by atoms with Crippen LogP contribution in [0.5, 0.6) is 5.88 Å². The van der Waals surface area contributed by atoms with Gasteiger partial charge in [-0.05, 0) is 13.3 Å². The number of carbonyl (C=O) groups excluding carboxylic acids is 1. The van der Waals surface area contributed by atoms with Crippen LogP contribution >= 0.6 is 0 Å². The molecule has 0 aliphatic carbocycles. The van der Waals surface area contributed by atoms with E-state index in [2.05, 4.69) is 9.97 Å². The highest BCUT2D eigenvalue weighted by Gasteiger charge is 2.05. The fourth-order valence-corrected chi connectivity index (χ4v) is 1.26. The van der Waals surface area contributed by atoms with Crippen LogP contribution in [0.3, 0.4) is 0 Å². The molecular formula is C11H16N2O2. The number of Topliss-reactive ketones (excluding diaryl/α,β-unsaturated/α-hetero) is 1. The highest BCUT2D eigenvalue weighted by molar-refractivity contribution is 5.80. The average Bonchev–Trinajstić information content (AvgIpc) is 2.19. The maximum atomic E-state index is 11.4. The Labute approximate surface area is 89.7 Å². The molecule has 0 N–H and O–H groups in total. The van der Waals surface area contributed by atoms with Crippen LogP contribution in [-0.4, -0.2) is 22.4 Å². The molecule has 0 saturated carbocycles. The molecule has 1 heterocycles. The minimum atomic E-state index is 0.195. The second-order valence-electron chi connectivity index (χ2n) is 3.25. The van der Waals surface area contributed by atoms with Crippen molar-refractivity contribution in [1.82, 2.24) is 9.97 Å². The third-order valence-corrected chi connectivity index (χ3v) is 1.86. The first-order valence-electron chi connectivity index (χ1n) is 5.21. The van der Waals surface area contributed by atoms with E-state index in [1.165, 1.54) is 0 Å². The summed E-state index contributed by atoms with van der Waals surface area (Å²) in [4.78, 5) is 19.5. The largest absolute Gasteiger partial charge is 0.477 e. The van der Waals surface area contributed by atoms with Gasteiger partial charge in [-0.1, -0.05) is 6.92 Å². The van der Waals surface area contributed by atoms with Crippen LogP contribution in [0.25, 0.3) is 0 Å². The first-order chi connectivity index (χ1) is 7.26. The molecule has 0 bridgehead atoms. The molecule has 4 heteroatoms. The lowest BCUT2D eigenvalue weighted by atomic mass is 10.1. The van der Waals surface area contributed by atoms with E-state index in [1.807, 2.05) is 13.8 Å². The van der Waals surface area contributed by atoms with Crippen molar-refractivity contribution in [3.8, 4) is 5.88 Å². The van der Waals surface area contributed by atoms with Crippen LogP contribution in [0, 0.1) is 0 Å². The summed E-state index contributed by atoms with van der Waals surface area (Å²) < 4.78 is 5.20. The van der Waals surface area contributed by atoms with Crippen LogP contribution in [0.15, 0.2) is 12.4 Å². The van der Waals surface area contributed by atoms with E-state index >= 15 is 0 Å². The van der Waals surface area contributed by atoms with Gasteiger partial charge in [0.15, 0.2) is 0 Å². The van der Waals surface area contributed by atoms with Crippen molar-refractivity contribution in [3.05, 3.63) is 18.1 Å². The van der Waals surface area contributed by atoms with Crippen LogP contribution in [0.2, 0.25) is 0 Å². The van der Waals surface area contributed by atoms with E-state index < -0.39 is 0 Å². The van der Waals surface area contributed by atoms with Crippen LogP contribution < -0.4 is 4.74 Å². The van der Waals surface area contributed by atoms with E-state index in [4.69, 9.17) is 4.74 Å². The predicted molar refractivity (Wildman–Crippen MR) is 56.8 cm³/mol. The SMILES string of the molecule is CCCC(=O)Cc1cncc(OCC)n1. The lowest BCUT2D eigenvalue weighted by Gasteiger charge is -2.03. The van der Waals surface area contributed by atoms with Gasteiger partial charge in [-0.3, -0.25) is 9.78 Å². The molecule has 0 amide bonds. The zero-order chi connectivity index (χ0) is 11.1. The maximum absolute atomic E-state index is 11.4. The Morgan fingerprint density at radius 3 is 2.87 bits per heavy atom. The maximum Gasteiger partial charge on any atom is 0.232 e. The molecule has 4 nitrogen and oxygen atoms in total. The topological polar surface area (TPSA) is 52.1 Å².